The van der Waals surface area contributed by atoms with Gasteiger partial charge in [-0.2, -0.15) is 0 Å². The van der Waals surface area contributed by atoms with E-state index in [0.29, 0.717) is 48.0 Å². The first-order valence-corrected chi connectivity index (χ1v) is 11.1. The molecule has 172 valence electrons. The van der Waals surface area contributed by atoms with E-state index in [-0.39, 0.29) is 18.5 Å². The van der Waals surface area contributed by atoms with E-state index >= 15 is 0 Å². The predicted molar refractivity (Wildman–Crippen MR) is 122 cm³/mol. The van der Waals surface area contributed by atoms with Crippen LogP contribution in [0.25, 0.3) is 21.9 Å². The highest BCUT2D eigenvalue weighted by Crippen LogP contribution is 2.37. The molecule has 2 N–H and O–H groups in total. The van der Waals surface area contributed by atoms with Crippen LogP contribution in [0.5, 0.6) is 5.88 Å². The molecule has 0 saturated carbocycles. The quantitative estimate of drug-likeness (QED) is 0.594. The molecule has 1 saturated heterocycles. The first kappa shape index (κ1) is 21.4. The molecular weight excluding hydrogens is 427 g/mol. The number of nitrogens with one attached hydrogen (secondary N) is 2. The molecule has 0 radical (unpaired) electrons. The minimum Gasteiger partial charge on any atom is -0.474 e. The Bertz CT molecular complexity index is 1200. The second kappa shape index (κ2) is 9.19. The van der Waals surface area contributed by atoms with E-state index in [1.807, 2.05) is 6.92 Å². The van der Waals surface area contributed by atoms with Gasteiger partial charge in [-0.25, -0.2) is 19.2 Å². The van der Waals surface area contributed by atoms with Gasteiger partial charge in [0.05, 0.1) is 6.10 Å². The third kappa shape index (κ3) is 4.54. The van der Waals surface area contributed by atoms with Gasteiger partial charge in [0.15, 0.2) is 0 Å². The molecule has 0 spiro atoms. The first-order chi connectivity index (χ1) is 16.1. The van der Waals surface area contributed by atoms with Crippen LogP contribution in [0.4, 0.5) is 20.7 Å². The minimum atomic E-state index is -0.598. The van der Waals surface area contributed by atoms with E-state index in [1.54, 1.807) is 18.3 Å². The molecule has 1 aromatic carbocycles. The highest BCUT2D eigenvalue weighted by Gasteiger charge is 2.20. The highest BCUT2D eigenvalue weighted by molar-refractivity contribution is 5.92. The van der Waals surface area contributed by atoms with Gasteiger partial charge in [0, 0.05) is 42.1 Å². The van der Waals surface area contributed by atoms with Gasteiger partial charge in [-0.05, 0) is 55.3 Å². The predicted octanol–water partition coefficient (Wildman–Crippen LogP) is 4.67. The zero-order valence-corrected chi connectivity index (χ0v) is 18.3. The van der Waals surface area contributed by atoms with Crippen molar-refractivity contribution in [2.75, 3.05) is 37.0 Å². The largest absolute Gasteiger partial charge is 0.474 e. The fourth-order valence-electron chi connectivity index (χ4n) is 4.18. The SMILES string of the molecule is Cc1c(-c2cc3cc(NC(=O)OC[C@H]4CCCCO4)ncc3cc2F)cnc2c1NCCO2. The van der Waals surface area contributed by atoms with Crippen LogP contribution in [0.2, 0.25) is 0 Å². The maximum atomic E-state index is 15.0. The number of aromatic nitrogens is 2. The monoisotopic (exact) mass is 452 g/mol. The number of benzene rings is 1. The number of carbonyl (C=O) groups excluding carboxylic acids is 1. The topological polar surface area (TPSA) is 94.6 Å². The summed E-state index contributed by atoms with van der Waals surface area (Å²) in [5.74, 6) is 0.472. The Balaban J connectivity index is 1.37. The Morgan fingerprint density at radius 1 is 1.18 bits per heavy atom. The number of rotatable bonds is 4. The number of hydrogen-bond acceptors (Lipinski definition) is 7. The summed E-state index contributed by atoms with van der Waals surface area (Å²) < 4.78 is 31.4. The Morgan fingerprint density at radius 2 is 2.09 bits per heavy atom. The van der Waals surface area contributed by atoms with Gasteiger partial charge in [0.2, 0.25) is 5.88 Å². The van der Waals surface area contributed by atoms with Crippen molar-refractivity contribution < 1.29 is 23.4 Å². The number of ether oxygens (including phenoxy) is 3. The maximum absolute atomic E-state index is 15.0. The van der Waals surface area contributed by atoms with Crippen LogP contribution in [0, 0.1) is 12.7 Å². The number of hydrogen-bond donors (Lipinski definition) is 2. The molecule has 3 aromatic rings. The summed E-state index contributed by atoms with van der Waals surface area (Å²) in [5, 5.41) is 7.26. The van der Waals surface area contributed by atoms with Crippen LogP contribution in [-0.4, -0.2) is 48.5 Å². The molecule has 0 unspecified atom stereocenters. The van der Waals surface area contributed by atoms with Gasteiger partial charge < -0.3 is 19.5 Å². The number of pyridine rings is 2. The Morgan fingerprint density at radius 3 is 2.94 bits per heavy atom. The molecule has 0 bridgehead atoms. The van der Waals surface area contributed by atoms with Crippen LogP contribution in [0.15, 0.2) is 30.6 Å². The molecule has 0 aliphatic carbocycles. The van der Waals surface area contributed by atoms with E-state index < -0.39 is 6.09 Å². The average molecular weight is 452 g/mol. The Hall–Kier alpha value is -3.46. The fraction of sp³-hybridized carbons (Fsp3) is 0.375. The van der Waals surface area contributed by atoms with E-state index in [1.165, 1.54) is 12.3 Å². The van der Waals surface area contributed by atoms with E-state index in [9.17, 15) is 9.18 Å². The van der Waals surface area contributed by atoms with Crippen LogP contribution in [0.1, 0.15) is 24.8 Å². The molecule has 2 aliphatic heterocycles. The fourth-order valence-corrected chi connectivity index (χ4v) is 4.18. The number of nitrogens with zero attached hydrogens (tertiary/aromatic N) is 2. The maximum Gasteiger partial charge on any atom is 0.412 e. The van der Waals surface area contributed by atoms with Gasteiger partial charge in [-0.15, -0.1) is 0 Å². The summed E-state index contributed by atoms with van der Waals surface area (Å²) >= 11 is 0. The molecular formula is C24H25FN4O4. The molecule has 4 heterocycles. The van der Waals surface area contributed by atoms with Crippen molar-refractivity contribution in [1.82, 2.24) is 9.97 Å². The van der Waals surface area contributed by atoms with E-state index in [4.69, 9.17) is 14.2 Å². The third-order valence-corrected chi connectivity index (χ3v) is 5.95. The van der Waals surface area contributed by atoms with Crippen LogP contribution in [0.3, 0.4) is 0 Å². The summed E-state index contributed by atoms with van der Waals surface area (Å²) in [6, 6.07) is 4.86. The molecule has 1 fully saturated rings. The molecule has 8 nitrogen and oxygen atoms in total. The van der Waals surface area contributed by atoms with Crippen molar-refractivity contribution in [1.29, 1.82) is 0 Å². The summed E-state index contributed by atoms with van der Waals surface area (Å²) in [6.45, 7) is 4.03. The summed E-state index contributed by atoms with van der Waals surface area (Å²) in [5.41, 5.74) is 2.72. The number of anilines is 2. The number of carbonyl (C=O) groups is 1. The number of halogens is 1. The second-order valence-electron chi connectivity index (χ2n) is 8.21. The van der Waals surface area contributed by atoms with E-state index in [2.05, 4.69) is 20.6 Å². The first-order valence-electron chi connectivity index (χ1n) is 11.1. The lowest BCUT2D eigenvalue weighted by Crippen LogP contribution is -2.27. The van der Waals surface area contributed by atoms with Gasteiger partial charge in [-0.3, -0.25) is 5.32 Å². The summed E-state index contributed by atoms with van der Waals surface area (Å²) in [4.78, 5) is 20.8. The van der Waals surface area contributed by atoms with Crippen molar-refractivity contribution in [3.05, 3.63) is 42.0 Å². The third-order valence-electron chi connectivity index (χ3n) is 5.95. The molecule has 9 heteroatoms. The highest BCUT2D eigenvalue weighted by atomic mass is 19.1. The van der Waals surface area contributed by atoms with Crippen LogP contribution >= 0.6 is 0 Å². The number of amides is 1. The van der Waals surface area contributed by atoms with Gasteiger partial charge >= 0.3 is 6.09 Å². The molecule has 2 aliphatic rings. The lowest BCUT2D eigenvalue weighted by atomic mass is 9.98. The normalized spacial score (nSPS) is 17.6. The summed E-state index contributed by atoms with van der Waals surface area (Å²) in [6.07, 6.45) is 5.48. The van der Waals surface area contributed by atoms with Crippen molar-refractivity contribution in [2.45, 2.75) is 32.3 Å². The lowest BCUT2D eigenvalue weighted by Gasteiger charge is -2.22. The summed E-state index contributed by atoms with van der Waals surface area (Å²) in [7, 11) is 0. The van der Waals surface area contributed by atoms with Crippen LogP contribution in [-0.2, 0) is 9.47 Å². The molecule has 5 rings (SSSR count). The van der Waals surface area contributed by atoms with Crippen molar-refractivity contribution in [3.8, 4) is 17.0 Å². The standard InChI is InChI=1S/C24H25FN4O4/c1-14-19(12-28-23-22(14)26-5-7-32-23)18-8-15-10-21(27-11-16(15)9-20(18)25)29-24(30)33-13-17-4-2-3-6-31-17/h8-12,17,26H,2-7,13H2,1H3,(H,27,29,30)/t17-/m1/s1. The molecule has 1 atom stereocenters. The van der Waals surface area contributed by atoms with Crippen molar-refractivity contribution in [2.24, 2.45) is 0 Å². The van der Waals surface area contributed by atoms with Crippen LogP contribution < -0.4 is 15.4 Å². The lowest BCUT2D eigenvalue weighted by molar-refractivity contribution is -0.0203. The molecule has 1 amide bonds. The zero-order chi connectivity index (χ0) is 22.8. The van der Waals surface area contributed by atoms with Gasteiger partial charge in [0.25, 0.3) is 0 Å². The smallest absolute Gasteiger partial charge is 0.412 e. The van der Waals surface area contributed by atoms with Crippen molar-refractivity contribution in [3.63, 3.8) is 0 Å². The van der Waals surface area contributed by atoms with E-state index in [0.717, 1.165) is 35.9 Å². The molecule has 2 aromatic heterocycles. The minimum absolute atomic E-state index is 0.0621. The average Bonchev–Trinajstić information content (AvgIpc) is 2.84. The second-order valence-corrected chi connectivity index (χ2v) is 8.21. The Kier molecular flexibility index (Phi) is 5.95. The van der Waals surface area contributed by atoms with Crippen molar-refractivity contribution >= 4 is 28.4 Å². The zero-order valence-electron chi connectivity index (χ0n) is 18.3. The van der Waals surface area contributed by atoms with Gasteiger partial charge in [-0.1, -0.05) is 0 Å². The number of fused-ring (bicyclic) bond motifs is 2. The Labute approximate surface area is 190 Å². The van der Waals surface area contributed by atoms with Gasteiger partial charge in [0.1, 0.15) is 30.5 Å². The molecule has 33 heavy (non-hydrogen) atoms.